The minimum absolute atomic E-state index is 0.191. The zero-order valence-electron chi connectivity index (χ0n) is 11.2. The van der Waals surface area contributed by atoms with Gasteiger partial charge < -0.3 is 5.73 Å². The van der Waals surface area contributed by atoms with Crippen LogP contribution in [0.15, 0.2) is 21.5 Å². The summed E-state index contributed by atoms with van der Waals surface area (Å²) in [5, 5.41) is 0. The van der Waals surface area contributed by atoms with E-state index < -0.39 is 20.7 Å². The largest absolute Gasteiger partial charge is 0.398 e. The van der Waals surface area contributed by atoms with Crippen LogP contribution in [0.5, 0.6) is 0 Å². The maximum atomic E-state index is 13.8. The molecule has 0 aliphatic rings. The van der Waals surface area contributed by atoms with Gasteiger partial charge in [0.25, 0.3) is 0 Å². The molecule has 108 valence electrons. The molecular formula is C12H18BrFN2O2S. The van der Waals surface area contributed by atoms with Crippen molar-refractivity contribution in [3.05, 3.63) is 22.4 Å². The number of nitrogen functional groups attached to an aromatic ring is 1. The van der Waals surface area contributed by atoms with E-state index in [1.165, 1.54) is 11.4 Å². The van der Waals surface area contributed by atoms with Gasteiger partial charge in [0.15, 0.2) is 0 Å². The Morgan fingerprint density at radius 1 is 1.47 bits per heavy atom. The summed E-state index contributed by atoms with van der Waals surface area (Å²) in [5.41, 5.74) is 5.82. The maximum absolute atomic E-state index is 13.8. The third kappa shape index (κ3) is 3.46. The van der Waals surface area contributed by atoms with Gasteiger partial charge in [-0.05, 0) is 41.4 Å². The molecule has 0 aromatic heterocycles. The van der Waals surface area contributed by atoms with E-state index in [-0.39, 0.29) is 11.7 Å². The van der Waals surface area contributed by atoms with Crippen molar-refractivity contribution in [3.63, 3.8) is 0 Å². The summed E-state index contributed by atoms with van der Waals surface area (Å²) in [5.74, 6) is -0.809. The predicted octanol–water partition coefficient (Wildman–Crippen LogP) is 2.98. The number of benzene rings is 1. The van der Waals surface area contributed by atoms with Crippen molar-refractivity contribution in [1.29, 1.82) is 0 Å². The van der Waals surface area contributed by atoms with Gasteiger partial charge in [0, 0.05) is 23.2 Å². The molecule has 1 aromatic rings. The molecule has 0 amide bonds. The Bertz CT molecular complexity index is 563. The zero-order chi connectivity index (χ0) is 14.8. The summed E-state index contributed by atoms with van der Waals surface area (Å²) in [4.78, 5) is -0.390. The van der Waals surface area contributed by atoms with E-state index in [0.29, 0.717) is 10.9 Å². The lowest BCUT2D eigenvalue weighted by molar-refractivity contribution is 0.366. The third-order valence-electron chi connectivity index (χ3n) is 3.04. The van der Waals surface area contributed by atoms with Gasteiger partial charge >= 0.3 is 0 Å². The van der Waals surface area contributed by atoms with E-state index in [2.05, 4.69) is 15.9 Å². The van der Waals surface area contributed by atoms with E-state index in [1.807, 2.05) is 6.92 Å². The van der Waals surface area contributed by atoms with Gasteiger partial charge in [-0.3, -0.25) is 0 Å². The summed E-state index contributed by atoms with van der Waals surface area (Å²) < 4.78 is 40.1. The van der Waals surface area contributed by atoms with Gasteiger partial charge in [0.05, 0.1) is 0 Å². The molecule has 0 fully saturated rings. The first-order valence-corrected chi connectivity index (χ1v) is 8.17. The van der Waals surface area contributed by atoms with Crippen molar-refractivity contribution in [2.24, 2.45) is 0 Å². The number of nitrogens with zero attached hydrogens (tertiary/aromatic N) is 1. The smallest absolute Gasteiger partial charge is 0.246 e. The molecule has 0 saturated heterocycles. The van der Waals surface area contributed by atoms with Crippen LogP contribution in [0.25, 0.3) is 0 Å². The van der Waals surface area contributed by atoms with Crippen LogP contribution in [-0.2, 0) is 10.0 Å². The molecule has 1 unspecified atom stereocenters. The van der Waals surface area contributed by atoms with Crippen LogP contribution in [0.3, 0.4) is 0 Å². The van der Waals surface area contributed by atoms with Gasteiger partial charge in [-0.25, -0.2) is 12.8 Å². The first-order valence-electron chi connectivity index (χ1n) is 5.94. The van der Waals surface area contributed by atoms with Crippen LogP contribution in [0.4, 0.5) is 10.1 Å². The molecule has 4 nitrogen and oxygen atoms in total. The Balaban J connectivity index is 3.24. The van der Waals surface area contributed by atoms with Crippen molar-refractivity contribution >= 4 is 31.6 Å². The minimum atomic E-state index is -3.87. The van der Waals surface area contributed by atoms with Gasteiger partial charge in [0.2, 0.25) is 10.0 Å². The fourth-order valence-corrected chi connectivity index (χ4v) is 3.52. The maximum Gasteiger partial charge on any atom is 0.246 e. The van der Waals surface area contributed by atoms with Crippen molar-refractivity contribution in [2.45, 2.75) is 37.6 Å². The molecule has 0 bridgehead atoms. The van der Waals surface area contributed by atoms with Crippen molar-refractivity contribution in [3.8, 4) is 0 Å². The molecule has 1 rings (SSSR count). The number of sulfonamides is 1. The summed E-state index contributed by atoms with van der Waals surface area (Å²) in [6.45, 7) is 3.76. The molecule has 0 aliphatic heterocycles. The molecule has 0 saturated carbocycles. The Kier molecular flexibility index (Phi) is 5.34. The topological polar surface area (TPSA) is 63.4 Å². The lowest BCUT2D eigenvalue weighted by atomic mass is 10.2. The van der Waals surface area contributed by atoms with Crippen LogP contribution in [0, 0.1) is 5.82 Å². The second kappa shape index (κ2) is 6.19. The zero-order valence-corrected chi connectivity index (χ0v) is 13.6. The molecule has 0 aliphatic carbocycles. The van der Waals surface area contributed by atoms with E-state index in [9.17, 15) is 12.8 Å². The number of anilines is 1. The molecule has 0 heterocycles. The van der Waals surface area contributed by atoms with E-state index in [1.54, 1.807) is 6.92 Å². The first-order chi connectivity index (χ1) is 8.71. The minimum Gasteiger partial charge on any atom is -0.398 e. The van der Waals surface area contributed by atoms with E-state index in [4.69, 9.17) is 5.73 Å². The van der Waals surface area contributed by atoms with Crippen LogP contribution < -0.4 is 5.73 Å². The second-order valence-corrected chi connectivity index (χ2v) is 7.28. The molecule has 2 N–H and O–H groups in total. The number of rotatable bonds is 5. The van der Waals surface area contributed by atoms with Crippen molar-refractivity contribution in [1.82, 2.24) is 4.31 Å². The molecule has 19 heavy (non-hydrogen) atoms. The number of halogens is 2. The molecule has 1 aromatic carbocycles. The summed E-state index contributed by atoms with van der Waals surface area (Å²) >= 11 is 3.06. The average Bonchev–Trinajstić information content (AvgIpc) is 2.32. The second-order valence-electron chi connectivity index (χ2n) is 4.46. The summed E-state index contributed by atoms with van der Waals surface area (Å²) in [6, 6.07) is 2.02. The normalized spacial score (nSPS) is 13.8. The molecular weight excluding hydrogens is 335 g/mol. The van der Waals surface area contributed by atoms with Crippen LogP contribution in [0.2, 0.25) is 0 Å². The van der Waals surface area contributed by atoms with Crippen molar-refractivity contribution < 1.29 is 12.8 Å². The monoisotopic (exact) mass is 352 g/mol. The van der Waals surface area contributed by atoms with Gasteiger partial charge in [0.1, 0.15) is 10.7 Å². The van der Waals surface area contributed by atoms with Gasteiger partial charge in [-0.1, -0.05) is 13.3 Å². The summed E-state index contributed by atoms with van der Waals surface area (Å²) in [7, 11) is -2.42. The summed E-state index contributed by atoms with van der Waals surface area (Å²) in [6.07, 6.45) is 1.56. The van der Waals surface area contributed by atoms with Crippen LogP contribution in [0.1, 0.15) is 26.7 Å². The Morgan fingerprint density at radius 2 is 2.05 bits per heavy atom. The third-order valence-corrected chi connectivity index (χ3v) is 5.71. The molecule has 7 heteroatoms. The number of hydrogen-bond donors (Lipinski definition) is 1. The Morgan fingerprint density at radius 3 is 2.58 bits per heavy atom. The molecule has 0 spiro atoms. The highest BCUT2D eigenvalue weighted by Crippen LogP contribution is 2.28. The number of hydrogen-bond acceptors (Lipinski definition) is 3. The Labute approximate surface area is 122 Å². The highest BCUT2D eigenvalue weighted by molar-refractivity contribution is 9.10. The van der Waals surface area contributed by atoms with Crippen LogP contribution >= 0.6 is 15.9 Å². The fraction of sp³-hybridized carbons (Fsp3) is 0.500. The van der Waals surface area contributed by atoms with Crippen LogP contribution in [-0.4, -0.2) is 25.8 Å². The van der Waals surface area contributed by atoms with E-state index >= 15 is 0 Å². The van der Waals surface area contributed by atoms with Gasteiger partial charge in [-0.15, -0.1) is 0 Å². The fourth-order valence-electron chi connectivity index (χ4n) is 1.73. The number of nitrogens with two attached hydrogens (primary N) is 1. The predicted molar refractivity (Wildman–Crippen MR) is 77.8 cm³/mol. The lowest BCUT2D eigenvalue weighted by Gasteiger charge is -2.24. The molecule has 1 atom stereocenters. The highest BCUT2D eigenvalue weighted by Gasteiger charge is 2.28. The lowest BCUT2D eigenvalue weighted by Crippen LogP contribution is -2.35. The Hall–Kier alpha value is -0.660. The van der Waals surface area contributed by atoms with Crippen molar-refractivity contribution in [2.75, 3.05) is 12.8 Å². The average molecular weight is 353 g/mol. The highest BCUT2D eigenvalue weighted by atomic mass is 79.9. The van der Waals surface area contributed by atoms with Gasteiger partial charge in [-0.2, -0.15) is 4.31 Å². The SMILES string of the molecule is CCCC(C)N(C)S(=O)(=O)c1cc(N)c(Br)cc1F. The standard InChI is InChI=1S/C12H18BrFN2O2S/c1-4-5-8(2)16(3)19(17,18)12-7-11(15)9(13)6-10(12)14/h6-8H,4-5,15H2,1-3H3. The first kappa shape index (κ1) is 16.4. The molecule has 0 radical (unpaired) electrons. The quantitative estimate of drug-likeness (QED) is 0.828. The van der Waals surface area contributed by atoms with E-state index in [0.717, 1.165) is 18.6 Å².